The fourth-order valence-corrected chi connectivity index (χ4v) is 2.80. The number of hydrogen-bond acceptors (Lipinski definition) is 5. The van der Waals surface area contributed by atoms with E-state index in [2.05, 4.69) is 10.3 Å². The Morgan fingerprint density at radius 2 is 1.90 bits per heavy atom. The number of aromatic nitrogens is 1. The van der Waals surface area contributed by atoms with E-state index >= 15 is 0 Å². The summed E-state index contributed by atoms with van der Waals surface area (Å²) in [5.74, 6) is -0.238. The molecule has 0 atom stereocenters. The Morgan fingerprint density at radius 1 is 1.14 bits per heavy atom. The van der Waals surface area contributed by atoms with Crippen LogP contribution >= 0.6 is 0 Å². The van der Waals surface area contributed by atoms with E-state index in [-0.39, 0.29) is 43.9 Å². The Balaban J connectivity index is 1.40. The number of rotatable bonds is 7. The van der Waals surface area contributed by atoms with Crippen LogP contribution < -0.4 is 5.32 Å². The number of carbonyl (C=O) groups is 2. The molecule has 0 bridgehead atoms. The molecular weight excluding hydrogens is 370 g/mol. The Morgan fingerprint density at radius 3 is 2.72 bits per heavy atom. The first kappa shape index (κ1) is 20.1. The van der Waals surface area contributed by atoms with Crippen LogP contribution in [-0.2, 0) is 22.5 Å². The van der Waals surface area contributed by atoms with E-state index in [0.717, 1.165) is 16.5 Å². The van der Waals surface area contributed by atoms with Crippen LogP contribution in [0.4, 0.5) is 4.79 Å². The highest BCUT2D eigenvalue weighted by Crippen LogP contribution is 2.15. The summed E-state index contributed by atoms with van der Waals surface area (Å²) < 4.78 is 5.23. The maximum Gasteiger partial charge on any atom is 0.317 e. The van der Waals surface area contributed by atoms with Crippen LogP contribution in [0, 0.1) is 0 Å². The third kappa shape index (κ3) is 5.68. The number of para-hydroxylation sites is 2. The second-order valence-corrected chi connectivity index (χ2v) is 6.64. The van der Waals surface area contributed by atoms with Gasteiger partial charge in [-0.3, -0.25) is 9.78 Å². The van der Waals surface area contributed by atoms with Crippen LogP contribution in [-0.4, -0.2) is 47.2 Å². The van der Waals surface area contributed by atoms with Crippen LogP contribution in [0.15, 0.2) is 60.8 Å². The molecule has 3 rings (SSSR count). The zero-order chi connectivity index (χ0) is 20.6. The number of phenolic OH excluding ortho intramolecular Hbond substituents is 1. The number of benzene rings is 2. The Labute approximate surface area is 168 Å². The van der Waals surface area contributed by atoms with Gasteiger partial charge in [0.25, 0.3) is 0 Å². The largest absolute Gasteiger partial charge is 0.508 e. The van der Waals surface area contributed by atoms with Gasteiger partial charge in [0, 0.05) is 30.7 Å². The minimum atomic E-state index is -0.370. The van der Waals surface area contributed by atoms with Crippen molar-refractivity contribution < 1.29 is 19.4 Å². The van der Waals surface area contributed by atoms with Crippen LogP contribution in [0.1, 0.15) is 11.1 Å². The molecule has 0 spiro atoms. The molecule has 0 aliphatic rings. The number of amides is 2. The third-order valence-electron chi connectivity index (χ3n) is 4.45. The maximum atomic E-state index is 12.1. The summed E-state index contributed by atoms with van der Waals surface area (Å²) in [5.41, 5.74) is 2.29. The van der Waals surface area contributed by atoms with Gasteiger partial charge in [-0.25, -0.2) is 4.79 Å². The summed E-state index contributed by atoms with van der Waals surface area (Å²) in [6, 6.07) is 16.1. The van der Waals surface area contributed by atoms with E-state index in [9.17, 15) is 14.7 Å². The standard InChI is InChI=1S/C22H23N3O4/c1-25(22(28)24-15-18-7-3-5-9-20(18)26)10-11-29-21(27)13-16-12-17-6-2-4-8-19(17)23-14-16/h2-9,12,14,26H,10-11,13,15H2,1H3,(H,24,28). The van der Waals surface area contributed by atoms with Gasteiger partial charge < -0.3 is 20.1 Å². The lowest BCUT2D eigenvalue weighted by molar-refractivity contribution is -0.143. The first-order chi connectivity index (χ1) is 14.0. The van der Waals surface area contributed by atoms with Crippen molar-refractivity contribution in [3.63, 3.8) is 0 Å². The van der Waals surface area contributed by atoms with E-state index in [0.29, 0.717) is 5.56 Å². The first-order valence-electron chi connectivity index (χ1n) is 9.28. The lowest BCUT2D eigenvalue weighted by atomic mass is 10.1. The minimum Gasteiger partial charge on any atom is -0.508 e. The number of urea groups is 1. The number of esters is 1. The summed E-state index contributed by atoms with van der Waals surface area (Å²) in [6.07, 6.45) is 1.79. The highest BCUT2D eigenvalue weighted by molar-refractivity contribution is 5.80. The van der Waals surface area contributed by atoms with Gasteiger partial charge in [0.05, 0.1) is 18.5 Å². The zero-order valence-corrected chi connectivity index (χ0v) is 16.2. The van der Waals surface area contributed by atoms with E-state index in [1.165, 1.54) is 4.90 Å². The number of phenols is 1. The Hall–Kier alpha value is -3.61. The van der Waals surface area contributed by atoms with Crippen LogP contribution in [0.5, 0.6) is 5.75 Å². The van der Waals surface area contributed by atoms with Crippen molar-refractivity contribution in [3.05, 3.63) is 71.9 Å². The van der Waals surface area contributed by atoms with Gasteiger partial charge in [-0.15, -0.1) is 0 Å². The normalized spacial score (nSPS) is 10.5. The molecule has 2 amide bonds. The van der Waals surface area contributed by atoms with Gasteiger partial charge in [-0.1, -0.05) is 36.4 Å². The molecule has 0 fully saturated rings. The van der Waals surface area contributed by atoms with Gasteiger partial charge in [-0.2, -0.15) is 0 Å². The smallest absolute Gasteiger partial charge is 0.317 e. The van der Waals surface area contributed by atoms with Crippen molar-refractivity contribution in [1.82, 2.24) is 15.2 Å². The molecule has 150 valence electrons. The second kappa shape index (κ2) is 9.54. The van der Waals surface area contributed by atoms with E-state index in [1.807, 2.05) is 30.3 Å². The average molecular weight is 393 g/mol. The van der Waals surface area contributed by atoms with Crippen molar-refractivity contribution in [2.75, 3.05) is 20.2 Å². The third-order valence-corrected chi connectivity index (χ3v) is 4.45. The lowest BCUT2D eigenvalue weighted by Gasteiger charge is -2.18. The molecule has 1 aromatic heterocycles. The molecule has 0 saturated carbocycles. The molecule has 1 heterocycles. The summed E-state index contributed by atoms with van der Waals surface area (Å²) in [6.45, 7) is 0.569. The fourth-order valence-electron chi connectivity index (χ4n) is 2.80. The highest BCUT2D eigenvalue weighted by Gasteiger charge is 2.11. The van der Waals surface area contributed by atoms with Crippen molar-refractivity contribution in [3.8, 4) is 5.75 Å². The number of hydrogen-bond donors (Lipinski definition) is 2. The van der Waals surface area contributed by atoms with Crippen molar-refractivity contribution in [1.29, 1.82) is 0 Å². The molecule has 0 saturated heterocycles. The van der Waals surface area contributed by atoms with Crippen LogP contribution in [0.2, 0.25) is 0 Å². The number of fused-ring (bicyclic) bond motifs is 1. The topological polar surface area (TPSA) is 91.8 Å². The summed E-state index contributed by atoms with van der Waals surface area (Å²) in [7, 11) is 1.61. The van der Waals surface area contributed by atoms with Gasteiger partial charge in [-0.05, 0) is 23.8 Å². The monoisotopic (exact) mass is 393 g/mol. The second-order valence-electron chi connectivity index (χ2n) is 6.64. The van der Waals surface area contributed by atoms with Gasteiger partial charge in [0.15, 0.2) is 0 Å². The molecule has 2 N–H and O–H groups in total. The summed E-state index contributed by atoms with van der Waals surface area (Å²) >= 11 is 0. The van der Waals surface area contributed by atoms with Crippen molar-refractivity contribution in [2.24, 2.45) is 0 Å². The predicted octanol–water partition coefficient (Wildman–Crippen LogP) is 2.87. The zero-order valence-electron chi connectivity index (χ0n) is 16.2. The predicted molar refractivity (Wildman–Crippen MR) is 109 cm³/mol. The minimum absolute atomic E-state index is 0.0976. The molecule has 3 aromatic rings. The number of pyridine rings is 1. The SMILES string of the molecule is CN(CCOC(=O)Cc1cnc2ccccc2c1)C(=O)NCc1ccccc1O. The highest BCUT2D eigenvalue weighted by atomic mass is 16.5. The molecule has 29 heavy (non-hydrogen) atoms. The number of ether oxygens (including phenoxy) is 1. The van der Waals surface area contributed by atoms with E-state index in [1.54, 1.807) is 37.5 Å². The van der Waals surface area contributed by atoms with Gasteiger partial charge in [0.2, 0.25) is 0 Å². The number of aromatic hydroxyl groups is 1. The Bertz CT molecular complexity index is 1010. The van der Waals surface area contributed by atoms with Gasteiger partial charge in [0.1, 0.15) is 12.4 Å². The lowest BCUT2D eigenvalue weighted by Crippen LogP contribution is -2.39. The molecule has 7 heteroatoms. The fraction of sp³-hybridized carbons (Fsp3) is 0.227. The first-order valence-corrected chi connectivity index (χ1v) is 9.28. The molecular formula is C22H23N3O4. The molecule has 0 aliphatic carbocycles. The number of carbonyl (C=O) groups excluding carboxylic acids is 2. The van der Waals surface area contributed by atoms with Gasteiger partial charge >= 0.3 is 12.0 Å². The molecule has 0 radical (unpaired) electrons. The van der Waals surface area contributed by atoms with E-state index in [4.69, 9.17) is 4.74 Å². The maximum absolute atomic E-state index is 12.1. The number of nitrogens with one attached hydrogen (secondary N) is 1. The van der Waals surface area contributed by atoms with Crippen molar-refractivity contribution >= 4 is 22.9 Å². The van der Waals surface area contributed by atoms with Crippen LogP contribution in [0.3, 0.4) is 0 Å². The molecule has 0 unspecified atom stereocenters. The quantitative estimate of drug-likeness (QED) is 0.602. The van der Waals surface area contributed by atoms with Crippen molar-refractivity contribution in [2.45, 2.75) is 13.0 Å². The Kier molecular flexibility index (Phi) is 6.63. The summed E-state index contributed by atoms with van der Waals surface area (Å²) in [4.78, 5) is 29.9. The molecule has 0 aliphatic heterocycles. The summed E-state index contributed by atoms with van der Waals surface area (Å²) in [5, 5.41) is 13.4. The van der Waals surface area contributed by atoms with Crippen LogP contribution in [0.25, 0.3) is 10.9 Å². The average Bonchev–Trinajstić information content (AvgIpc) is 2.72. The number of likely N-dealkylation sites (N-methyl/N-ethyl adjacent to an activating group) is 1. The number of nitrogens with zero attached hydrogens (tertiary/aromatic N) is 2. The molecule has 7 nitrogen and oxygen atoms in total. The molecule has 2 aromatic carbocycles. The van der Waals surface area contributed by atoms with E-state index < -0.39 is 0 Å².